The zero-order valence-electron chi connectivity index (χ0n) is 12.4. The molecule has 0 bridgehead atoms. The fourth-order valence-corrected chi connectivity index (χ4v) is 3.45. The first-order valence-electron chi connectivity index (χ1n) is 7.65. The zero-order chi connectivity index (χ0) is 14.8. The maximum Gasteiger partial charge on any atom is 0.195 e. The number of carbonyl (C=O) groups excluding carboxylic acids is 1. The van der Waals surface area contributed by atoms with Gasteiger partial charge in [0.15, 0.2) is 5.78 Å². The molecule has 0 saturated carbocycles. The van der Waals surface area contributed by atoms with Crippen LogP contribution in [0, 0.1) is 6.92 Å². The minimum atomic E-state index is 0.112. The molecule has 0 fully saturated rings. The zero-order valence-corrected chi connectivity index (χ0v) is 12.4. The maximum absolute atomic E-state index is 12.9. The van der Waals surface area contributed by atoms with E-state index in [1.54, 1.807) is 0 Å². The van der Waals surface area contributed by atoms with Gasteiger partial charge in [0.05, 0.1) is 6.61 Å². The van der Waals surface area contributed by atoms with Crippen LogP contribution in [0.5, 0.6) is 0 Å². The normalized spacial score (nSPS) is 14.0. The van der Waals surface area contributed by atoms with Crippen LogP contribution >= 0.6 is 0 Å². The van der Waals surface area contributed by atoms with Gasteiger partial charge in [-0.15, -0.1) is 0 Å². The van der Waals surface area contributed by atoms with Gasteiger partial charge in [0.1, 0.15) is 0 Å². The summed E-state index contributed by atoms with van der Waals surface area (Å²) in [5.74, 6) is 0.114. The van der Waals surface area contributed by atoms with E-state index in [1.807, 2.05) is 37.3 Å². The molecule has 0 spiro atoms. The van der Waals surface area contributed by atoms with E-state index < -0.39 is 0 Å². The Morgan fingerprint density at radius 1 is 1.19 bits per heavy atom. The molecule has 21 heavy (non-hydrogen) atoms. The lowest BCUT2D eigenvalue weighted by atomic mass is 9.91. The van der Waals surface area contributed by atoms with E-state index in [4.69, 9.17) is 0 Å². The summed E-state index contributed by atoms with van der Waals surface area (Å²) in [7, 11) is 0. The second-order valence-electron chi connectivity index (χ2n) is 5.66. The van der Waals surface area contributed by atoms with E-state index >= 15 is 0 Å². The van der Waals surface area contributed by atoms with Gasteiger partial charge >= 0.3 is 0 Å². The second-order valence-corrected chi connectivity index (χ2v) is 5.66. The molecule has 0 atom stereocenters. The number of aliphatic hydroxyl groups is 1. The highest BCUT2D eigenvalue weighted by molar-refractivity contribution is 6.11. The number of aromatic nitrogens is 1. The third-order valence-electron chi connectivity index (χ3n) is 4.42. The average molecular weight is 283 g/mol. The predicted octanol–water partition coefficient (Wildman–Crippen LogP) is 2.90. The molecule has 0 radical (unpaired) electrons. The smallest absolute Gasteiger partial charge is 0.195 e. The van der Waals surface area contributed by atoms with Gasteiger partial charge in [-0.2, -0.15) is 0 Å². The monoisotopic (exact) mass is 283 g/mol. The molecule has 1 aromatic carbocycles. The topological polar surface area (TPSA) is 42.2 Å². The number of ketones is 1. The van der Waals surface area contributed by atoms with Crippen molar-refractivity contribution in [2.75, 3.05) is 6.61 Å². The Balaban J connectivity index is 2.12. The van der Waals surface area contributed by atoms with Crippen molar-refractivity contribution in [2.45, 2.75) is 39.2 Å². The fraction of sp³-hybridized carbons (Fsp3) is 0.389. The third-order valence-corrected chi connectivity index (χ3v) is 4.42. The Labute approximate surface area is 125 Å². The Bertz CT molecular complexity index is 656. The van der Waals surface area contributed by atoms with Crippen molar-refractivity contribution >= 4 is 5.78 Å². The SMILES string of the molecule is Cc1c(C(=O)c2ccccc2)c2c(n1CCO)CCCC2. The fourth-order valence-electron chi connectivity index (χ4n) is 3.45. The van der Waals surface area contributed by atoms with Gasteiger partial charge in [0.25, 0.3) is 0 Å². The predicted molar refractivity (Wildman–Crippen MR) is 82.8 cm³/mol. The van der Waals surface area contributed by atoms with E-state index in [9.17, 15) is 9.90 Å². The van der Waals surface area contributed by atoms with Crippen molar-refractivity contribution in [3.8, 4) is 0 Å². The van der Waals surface area contributed by atoms with Crippen LogP contribution in [-0.4, -0.2) is 22.1 Å². The van der Waals surface area contributed by atoms with Crippen LogP contribution in [0.25, 0.3) is 0 Å². The molecule has 0 unspecified atom stereocenters. The number of benzene rings is 1. The van der Waals surface area contributed by atoms with Gasteiger partial charge in [0, 0.05) is 29.1 Å². The van der Waals surface area contributed by atoms with Crippen molar-refractivity contribution in [3.63, 3.8) is 0 Å². The number of nitrogens with zero attached hydrogens (tertiary/aromatic N) is 1. The molecule has 2 aromatic rings. The molecule has 0 amide bonds. The highest BCUT2D eigenvalue weighted by Gasteiger charge is 2.26. The summed E-state index contributed by atoms with van der Waals surface area (Å²) in [4.78, 5) is 12.9. The number of fused-ring (bicyclic) bond motifs is 1. The van der Waals surface area contributed by atoms with Crippen LogP contribution in [0.3, 0.4) is 0 Å². The first-order valence-corrected chi connectivity index (χ1v) is 7.65. The van der Waals surface area contributed by atoms with Crippen LogP contribution in [0.4, 0.5) is 0 Å². The standard InChI is InChI=1S/C18H21NO2/c1-13-17(18(21)14-7-3-2-4-8-14)15-9-5-6-10-16(15)19(13)11-12-20/h2-4,7-8,20H,5-6,9-12H2,1H3. The maximum atomic E-state index is 12.9. The molecular weight excluding hydrogens is 262 g/mol. The molecule has 1 aliphatic carbocycles. The minimum absolute atomic E-state index is 0.112. The summed E-state index contributed by atoms with van der Waals surface area (Å²) in [6.45, 7) is 2.70. The molecular formula is C18H21NO2. The largest absolute Gasteiger partial charge is 0.395 e. The van der Waals surface area contributed by atoms with Gasteiger partial charge in [-0.1, -0.05) is 30.3 Å². The highest BCUT2D eigenvalue weighted by atomic mass is 16.3. The van der Waals surface area contributed by atoms with Crippen LogP contribution in [0.1, 0.15) is 45.7 Å². The molecule has 1 N–H and O–H groups in total. The van der Waals surface area contributed by atoms with Crippen LogP contribution in [0.15, 0.2) is 30.3 Å². The second kappa shape index (κ2) is 5.86. The summed E-state index contributed by atoms with van der Waals surface area (Å²) >= 11 is 0. The van der Waals surface area contributed by atoms with Crippen LogP contribution in [0.2, 0.25) is 0 Å². The highest BCUT2D eigenvalue weighted by Crippen LogP contribution is 2.31. The lowest BCUT2D eigenvalue weighted by molar-refractivity contribution is 0.103. The molecule has 1 aromatic heterocycles. The molecule has 3 heteroatoms. The quantitative estimate of drug-likeness (QED) is 0.877. The first-order chi connectivity index (χ1) is 10.2. The van der Waals surface area contributed by atoms with E-state index in [-0.39, 0.29) is 12.4 Å². The van der Waals surface area contributed by atoms with E-state index in [1.165, 1.54) is 17.7 Å². The first kappa shape index (κ1) is 14.1. The van der Waals surface area contributed by atoms with Gasteiger partial charge in [-0.3, -0.25) is 4.79 Å². The molecule has 110 valence electrons. The lowest BCUT2D eigenvalue weighted by Gasteiger charge is -2.15. The number of hydrogen-bond donors (Lipinski definition) is 1. The van der Waals surface area contributed by atoms with Crippen molar-refractivity contribution in [3.05, 3.63) is 58.4 Å². The third kappa shape index (κ3) is 2.42. The van der Waals surface area contributed by atoms with E-state index in [0.29, 0.717) is 6.54 Å². The summed E-state index contributed by atoms with van der Waals surface area (Å²) in [6, 6.07) is 9.48. The number of carbonyl (C=O) groups is 1. The van der Waals surface area contributed by atoms with Crippen LogP contribution in [-0.2, 0) is 19.4 Å². The summed E-state index contributed by atoms with van der Waals surface area (Å²) in [5.41, 5.74) is 5.08. The molecule has 0 saturated heterocycles. The lowest BCUT2D eigenvalue weighted by Crippen LogP contribution is -2.11. The minimum Gasteiger partial charge on any atom is -0.395 e. The summed E-state index contributed by atoms with van der Waals surface area (Å²) < 4.78 is 2.14. The van der Waals surface area contributed by atoms with Crippen molar-refractivity contribution in [2.24, 2.45) is 0 Å². The van der Waals surface area contributed by atoms with Gasteiger partial charge in [-0.25, -0.2) is 0 Å². The van der Waals surface area contributed by atoms with Crippen molar-refractivity contribution in [1.29, 1.82) is 0 Å². The number of aliphatic hydroxyl groups excluding tert-OH is 1. The number of rotatable bonds is 4. The molecule has 0 aliphatic heterocycles. The average Bonchev–Trinajstić information content (AvgIpc) is 2.81. The van der Waals surface area contributed by atoms with Crippen LogP contribution < -0.4 is 0 Å². The summed E-state index contributed by atoms with van der Waals surface area (Å²) in [6.07, 6.45) is 4.30. The number of hydrogen-bond acceptors (Lipinski definition) is 2. The Morgan fingerprint density at radius 2 is 1.90 bits per heavy atom. The van der Waals surface area contributed by atoms with E-state index in [2.05, 4.69) is 4.57 Å². The Morgan fingerprint density at radius 3 is 2.62 bits per heavy atom. The van der Waals surface area contributed by atoms with Gasteiger partial charge in [-0.05, 0) is 38.2 Å². The van der Waals surface area contributed by atoms with Crippen molar-refractivity contribution < 1.29 is 9.90 Å². The molecule has 1 aliphatic rings. The molecule has 3 rings (SSSR count). The Kier molecular flexibility index (Phi) is 3.93. The van der Waals surface area contributed by atoms with Gasteiger partial charge < -0.3 is 9.67 Å². The summed E-state index contributed by atoms with van der Waals surface area (Å²) in [5, 5.41) is 9.30. The van der Waals surface area contributed by atoms with E-state index in [0.717, 1.165) is 36.1 Å². The van der Waals surface area contributed by atoms with Gasteiger partial charge in [0.2, 0.25) is 0 Å². The molecule has 3 nitrogen and oxygen atoms in total. The Hall–Kier alpha value is -1.87. The van der Waals surface area contributed by atoms with Crippen molar-refractivity contribution in [1.82, 2.24) is 4.57 Å². The molecule has 1 heterocycles.